The minimum Gasteiger partial charge on any atom is -0.497 e. The number of rotatable bonds is 7. The van der Waals surface area contributed by atoms with Crippen LogP contribution in [0.4, 0.5) is 5.69 Å². The van der Waals surface area contributed by atoms with Crippen molar-refractivity contribution in [2.24, 2.45) is 5.10 Å². The van der Waals surface area contributed by atoms with Crippen molar-refractivity contribution >= 4 is 45.8 Å². The molecule has 0 saturated carbocycles. The Bertz CT molecular complexity index is 868. The summed E-state index contributed by atoms with van der Waals surface area (Å²) in [5.74, 6) is 0.299. The zero-order valence-electron chi connectivity index (χ0n) is 15.2. The average Bonchev–Trinajstić information content (AvgIpc) is 2.65. The van der Waals surface area contributed by atoms with Crippen LogP contribution in [0.15, 0.2) is 47.6 Å². The summed E-state index contributed by atoms with van der Waals surface area (Å²) in [4.78, 5) is 24.4. The predicted octanol–water partition coefficient (Wildman–Crippen LogP) is 3.44. The fraction of sp³-hybridized carbons (Fsp3) is 0.211. The van der Waals surface area contributed by atoms with E-state index in [9.17, 15) is 9.59 Å². The van der Waals surface area contributed by atoms with Gasteiger partial charge in [-0.15, -0.1) is 0 Å². The van der Waals surface area contributed by atoms with Crippen LogP contribution in [-0.4, -0.2) is 31.7 Å². The highest BCUT2D eigenvalue weighted by Crippen LogP contribution is 2.24. The van der Waals surface area contributed by atoms with Crippen LogP contribution in [0.3, 0.4) is 0 Å². The van der Waals surface area contributed by atoms with Gasteiger partial charge in [0.05, 0.1) is 26.2 Å². The van der Waals surface area contributed by atoms with Crippen molar-refractivity contribution in [3.05, 3.63) is 51.6 Å². The Balaban J connectivity index is 1.96. The second-order valence-electron chi connectivity index (χ2n) is 5.59. The molecule has 0 aliphatic carbocycles. The molecule has 2 amide bonds. The van der Waals surface area contributed by atoms with Crippen molar-refractivity contribution in [3.8, 4) is 11.5 Å². The average molecular weight is 481 g/mol. The molecule has 0 atom stereocenters. The topological polar surface area (TPSA) is 89.0 Å². The van der Waals surface area contributed by atoms with Crippen LogP contribution in [-0.2, 0) is 4.79 Å². The van der Waals surface area contributed by atoms with Gasteiger partial charge < -0.3 is 14.8 Å². The van der Waals surface area contributed by atoms with E-state index in [4.69, 9.17) is 9.47 Å². The highest BCUT2D eigenvalue weighted by Gasteiger charge is 2.13. The molecule has 0 aliphatic rings. The van der Waals surface area contributed by atoms with Crippen molar-refractivity contribution in [2.75, 3.05) is 19.5 Å². The quantitative estimate of drug-likeness (QED) is 0.360. The molecule has 0 saturated heterocycles. The molecule has 27 heavy (non-hydrogen) atoms. The lowest BCUT2D eigenvalue weighted by atomic mass is 10.2. The molecule has 2 rings (SSSR count). The van der Waals surface area contributed by atoms with Gasteiger partial charge in [-0.05, 0) is 59.8 Å². The van der Waals surface area contributed by atoms with Gasteiger partial charge in [0, 0.05) is 21.0 Å². The van der Waals surface area contributed by atoms with Crippen LogP contribution >= 0.6 is 22.6 Å². The lowest BCUT2D eigenvalue weighted by Crippen LogP contribution is -2.22. The van der Waals surface area contributed by atoms with Gasteiger partial charge in [-0.25, -0.2) is 5.43 Å². The number of benzene rings is 2. The second kappa shape index (κ2) is 9.91. The van der Waals surface area contributed by atoms with Crippen LogP contribution < -0.4 is 20.2 Å². The summed E-state index contributed by atoms with van der Waals surface area (Å²) in [6, 6.07) is 12.3. The van der Waals surface area contributed by atoms with Gasteiger partial charge in [-0.3, -0.25) is 9.59 Å². The molecule has 2 aromatic carbocycles. The van der Waals surface area contributed by atoms with Crippen molar-refractivity contribution in [1.82, 2.24) is 5.43 Å². The van der Waals surface area contributed by atoms with E-state index in [0.29, 0.717) is 28.5 Å². The number of hydrogen-bond acceptors (Lipinski definition) is 5. The number of hydrogen-bond donors (Lipinski definition) is 2. The Hall–Kier alpha value is -2.62. The molecule has 0 radical (unpaired) electrons. The summed E-state index contributed by atoms with van der Waals surface area (Å²) in [5, 5.41) is 6.78. The first-order valence-corrected chi connectivity index (χ1v) is 9.11. The van der Waals surface area contributed by atoms with E-state index in [1.54, 1.807) is 25.1 Å². The van der Waals surface area contributed by atoms with E-state index in [1.807, 2.05) is 24.3 Å². The molecule has 8 heteroatoms. The molecule has 0 fully saturated rings. The van der Waals surface area contributed by atoms with Crippen molar-refractivity contribution < 1.29 is 19.1 Å². The number of nitrogens with zero attached hydrogens (tertiary/aromatic N) is 1. The SMILES string of the molecule is COc1ccc(C(=O)N/N=C(\C)CC(=O)Nc2cccc(I)c2)c(OC)c1. The van der Waals surface area contributed by atoms with Gasteiger partial charge in [0.25, 0.3) is 5.91 Å². The third-order valence-electron chi connectivity index (χ3n) is 3.53. The lowest BCUT2D eigenvalue weighted by Gasteiger charge is -2.09. The molecule has 7 nitrogen and oxygen atoms in total. The summed E-state index contributed by atoms with van der Waals surface area (Å²) in [6.45, 7) is 1.67. The van der Waals surface area contributed by atoms with Crippen LogP contribution in [0, 0.1) is 3.57 Å². The summed E-state index contributed by atoms with van der Waals surface area (Å²) in [7, 11) is 3.00. The van der Waals surface area contributed by atoms with E-state index in [1.165, 1.54) is 14.2 Å². The maximum Gasteiger partial charge on any atom is 0.275 e. The molecule has 142 valence electrons. The van der Waals surface area contributed by atoms with Crippen molar-refractivity contribution in [3.63, 3.8) is 0 Å². The fourth-order valence-electron chi connectivity index (χ4n) is 2.24. The molecule has 0 aromatic heterocycles. The zero-order chi connectivity index (χ0) is 19.8. The Kier molecular flexibility index (Phi) is 7.59. The van der Waals surface area contributed by atoms with Gasteiger partial charge in [-0.2, -0.15) is 5.10 Å². The fourth-order valence-corrected chi connectivity index (χ4v) is 2.78. The molecular weight excluding hydrogens is 461 g/mol. The monoisotopic (exact) mass is 481 g/mol. The maximum absolute atomic E-state index is 12.3. The number of methoxy groups -OCH3 is 2. The summed E-state index contributed by atoms with van der Waals surface area (Å²) in [6.07, 6.45) is 0.0610. The van der Waals surface area contributed by atoms with Crippen LogP contribution in [0.5, 0.6) is 11.5 Å². The maximum atomic E-state index is 12.3. The number of halogens is 1. The third kappa shape index (κ3) is 6.24. The van der Waals surface area contributed by atoms with Crippen molar-refractivity contribution in [2.45, 2.75) is 13.3 Å². The number of anilines is 1. The Morgan fingerprint density at radius 1 is 1.11 bits per heavy atom. The molecule has 0 unspecified atom stereocenters. The third-order valence-corrected chi connectivity index (χ3v) is 4.20. The number of carbonyl (C=O) groups excluding carboxylic acids is 2. The molecule has 0 aliphatic heterocycles. The summed E-state index contributed by atoms with van der Waals surface area (Å²) in [5.41, 5.74) is 3.94. The number of hydrazone groups is 1. The minimum atomic E-state index is -0.438. The minimum absolute atomic E-state index is 0.0610. The van der Waals surface area contributed by atoms with E-state index in [-0.39, 0.29) is 12.3 Å². The highest BCUT2D eigenvalue weighted by molar-refractivity contribution is 14.1. The Morgan fingerprint density at radius 3 is 2.56 bits per heavy atom. The Labute approximate surface area is 171 Å². The number of amides is 2. The first-order chi connectivity index (χ1) is 12.9. The second-order valence-corrected chi connectivity index (χ2v) is 6.84. The van der Waals surface area contributed by atoms with Gasteiger partial charge in [0.15, 0.2) is 0 Å². The highest BCUT2D eigenvalue weighted by atomic mass is 127. The number of carbonyl (C=O) groups is 2. The molecule has 0 heterocycles. The lowest BCUT2D eigenvalue weighted by molar-refractivity contribution is -0.115. The van der Waals surface area contributed by atoms with E-state index in [2.05, 4.69) is 38.4 Å². The van der Waals surface area contributed by atoms with E-state index in [0.717, 1.165) is 3.57 Å². The van der Waals surface area contributed by atoms with Crippen LogP contribution in [0.1, 0.15) is 23.7 Å². The predicted molar refractivity (Wildman–Crippen MR) is 113 cm³/mol. The van der Waals surface area contributed by atoms with E-state index < -0.39 is 5.91 Å². The van der Waals surface area contributed by atoms with E-state index >= 15 is 0 Å². The molecule has 0 spiro atoms. The van der Waals surface area contributed by atoms with Gasteiger partial charge in [0.2, 0.25) is 5.91 Å². The first kappa shape index (κ1) is 20.7. The molecule has 2 N–H and O–H groups in total. The van der Waals surface area contributed by atoms with Gasteiger partial charge in [0.1, 0.15) is 11.5 Å². The molecule has 2 aromatic rings. The van der Waals surface area contributed by atoms with Gasteiger partial charge >= 0.3 is 0 Å². The van der Waals surface area contributed by atoms with Crippen LogP contribution in [0.2, 0.25) is 0 Å². The summed E-state index contributed by atoms with van der Waals surface area (Å²) >= 11 is 2.17. The largest absolute Gasteiger partial charge is 0.497 e. The smallest absolute Gasteiger partial charge is 0.275 e. The number of nitrogens with one attached hydrogen (secondary N) is 2. The van der Waals surface area contributed by atoms with Crippen LogP contribution in [0.25, 0.3) is 0 Å². The van der Waals surface area contributed by atoms with Gasteiger partial charge in [-0.1, -0.05) is 6.07 Å². The molecular formula is C19H20IN3O4. The molecule has 0 bridgehead atoms. The normalized spacial score (nSPS) is 10.9. The first-order valence-electron chi connectivity index (χ1n) is 8.04. The Morgan fingerprint density at radius 2 is 1.89 bits per heavy atom. The van der Waals surface area contributed by atoms with Crippen molar-refractivity contribution in [1.29, 1.82) is 0 Å². The summed E-state index contributed by atoms with van der Waals surface area (Å²) < 4.78 is 11.3. The standard InChI is InChI=1S/C19H20IN3O4/c1-12(9-18(24)21-14-6-4-5-13(20)10-14)22-23-19(25)16-8-7-15(26-2)11-17(16)27-3/h4-8,10-11H,9H2,1-3H3,(H,21,24)(H,23,25)/b22-12+. The number of ether oxygens (including phenoxy) is 2. The zero-order valence-corrected chi connectivity index (χ0v) is 17.4.